The van der Waals surface area contributed by atoms with Gasteiger partial charge in [-0.05, 0) is 12.1 Å². The molecule has 17 heavy (non-hydrogen) atoms. The molecule has 0 saturated carbocycles. The number of rotatable bonds is 1. The van der Waals surface area contributed by atoms with E-state index in [2.05, 4.69) is 16.8 Å². The maximum Gasteiger partial charge on any atom is 0.156 e. The lowest BCUT2D eigenvalue weighted by Gasteiger charge is -1.99. The van der Waals surface area contributed by atoms with E-state index in [4.69, 9.17) is 10.4 Å². The minimum Gasteiger partial charge on any atom is -0.395 e. The molecule has 0 amide bonds. The van der Waals surface area contributed by atoms with E-state index >= 15 is 0 Å². The monoisotopic (exact) mass is 222 g/mol. The van der Waals surface area contributed by atoms with E-state index in [-0.39, 0.29) is 6.61 Å². The third-order valence-electron chi connectivity index (χ3n) is 2.29. The normalized spacial score (nSPS) is 9.41. The van der Waals surface area contributed by atoms with Crippen molar-refractivity contribution in [2.24, 2.45) is 0 Å². The van der Waals surface area contributed by atoms with Crippen LogP contribution in [-0.2, 0) is 0 Å². The molecule has 82 valence electrons. The number of aliphatic hydroxyl groups excluding tert-OH is 1. The highest BCUT2D eigenvalue weighted by Crippen LogP contribution is 2.15. The first-order valence-corrected chi connectivity index (χ1v) is 5.25. The van der Waals surface area contributed by atoms with Gasteiger partial charge in [-0.2, -0.15) is 5.26 Å². The molecule has 0 unspecified atom stereocenters. The number of nitrogens with zero attached hydrogens (tertiary/aromatic N) is 2. The van der Waals surface area contributed by atoms with E-state index in [1.807, 2.05) is 36.4 Å². The molecule has 0 aliphatic rings. The summed E-state index contributed by atoms with van der Waals surface area (Å²) in [6.45, 7) is 0.0237. The fraction of sp³-hybridized carbons (Fsp3) is 0.143. The Bertz CT molecular complexity index is 645. The Morgan fingerprint density at radius 1 is 1.29 bits per heavy atom. The van der Waals surface area contributed by atoms with E-state index in [1.54, 1.807) is 0 Å². The molecular weight excluding hydrogens is 212 g/mol. The Balaban J connectivity index is 2.55. The van der Waals surface area contributed by atoms with E-state index in [0.717, 1.165) is 10.9 Å². The lowest BCUT2D eigenvalue weighted by atomic mass is 10.1. The van der Waals surface area contributed by atoms with Gasteiger partial charge in [-0.25, -0.2) is 4.98 Å². The van der Waals surface area contributed by atoms with Gasteiger partial charge in [0.1, 0.15) is 6.07 Å². The van der Waals surface area contributed by atoms with Crippen molar-refractivity contribution in [3.05, 3.63) is 41.6 Å². The standard InChI is InChI=1S/C14H10N2O/c15-10-14-12(6-3-4-8-17)9-11-5-1-2-7-13(11)16-14/h1-2,5,7,9,17H,4,8H2. The predicted molar refractivity (Wildman–Crippen MR) is 65.0 cm³/mol. The van der Waals surface area contributed by atoms with Crippen LogP contribution in [0.1, 0.15) is 17.7 Å². The SMILES string of the molecule is N#Cc1nc2ccccc2cc1C#CCCO. The molecule has 1 aromatic heterocycles. The molecule has 0 radical (unpaired) electrons. The lowest BCUT2D eigenvalue weighted by molar-refractivity contribution is 0.305. The van der Waals surface area contributed by atoms with Gasteiger partial charge < -0.3 is 5.11 Å². The molecule has 0 atom stereocenters. The number of aromatic nitrogens is 1. The van der Waals surface area contributed by atoms with Crippen molar-refractivity contribution < 1.29 is 5.11 Å². The molecule has 1 heterocycles. The van der Waals surface area contributed by atoms with Crippen LogP contribution in [0.4, 0.5) is 0 Å². The fourth-order valence-corrected chi connectivity index (χ4v) is 1.51. The van der Waals surface area contributed by atoms with Gasteiger partial charge in [0.2, 0.25) is 0 Å². The molecule has 2 aromatic rings. The second-order valence-electron chi connectivity index (χ2n) is 3.46. The predicted octanol–water partition coefficient (Wildman–Crippen LogP) is 1.84. The number of nitriles is 1. The highest BCUT2D eigenvalue weighted by molar-refractivity contribution is 5.81. The number of aliphatic hydroxyl groups is 1. The van der Waals surface area contributed by atoms with Crippen LogP contribution in [-0.4, -0.2) is 16.7 Å². The van der Waals surface area contributed by atoms with Crippen LogP contribution in [0.2, 0.25) is 0 Å². The minimum absolute atomic E-state index is 0.0237. The molecule has 0 saturated heterocycles. The zero-order valence-electron chi connectivity index (χ0n) is 9.14. The van der Waals surface area contributed by atoms with Gasteiger partial charge in [0.25, 0.3) is 0 Å². The van der Waals surface area contributed by atoms with Gasteiger partial charge in [0, 0.05) is 11.8 Å². The van der Waals surface area contributed by atoms with Crippen LogP contribution in [0.5, 0.6) is 0 Å². The molecule has 0 spiro atoms. The molecule has 2 rings (SSSR count). The average Bonchev–Trinajstić information content (AvgIpc) is 2.38. The third-order valence-corrected chi connectivity index (χ3v) is 2.29. The summed E-state index contributed by atoms with van der Waals surface area (Å²) in [6, 6.07) is 11.5. The Kier molecular flexibility index (Phi) is 3.35. The van der Waals surface area contributed by atoms with Gasteiger partial charge in [-0.1, -0.05) is 30.0 Å². The van der Waals surface area contributed by atoms with Crippen molar-refractivity contribution in [2.45, 2.75) is 6.42 Å². The number of fused-ring (bicyclic) bond motifs is 1. The van der Waals surface area contributed by atoms with Gasteiger partial charge >= 0.3 is 0 Å². The van der Waals surface area contributed by atoms with Crippen LogP contribution in [0.15, 0.2) is 30.3 Å². The summed E-state index contributed by atoms with van der Waals surface area (Å²) in [4.78, 5) is 4.25. The van der Waals surface area contributed by atoms with Crippen LogP contribution < -0.4 is 0 Å². The Morgan fingerprint density at radius 2 is 2.12 bits per heavy atom. The van der Waals surface area contributed by atoms with Crippen molar-refractivity contribution in [1.82, 2.24) is 4.98 Å². The van der Waals surface area contributed by atoms with Crippen molar-refractivity contribution in [2.75, 3.05) is 6.61 Å². The first kappa shape index (κ1) is 11.1. The second-order valence-corrected chi connectivity index (χ2v) is 3.46. The first-order valence-electron chi connectivity index (χ1n) is 5.25. The Hall–Kier alpha value is -2.36. The van der Waals surface area contributed by atoms with Gasteiger partial charge in [-0.3, -0.25) is 0 Å². The van der Waals surface area contributed by atoms with Gasteiger partial charge in [0.15, 0.2) is 5.69 Å². The Labute approximate surface area is 99.3 Å². The summed E-state index contributed by atoms with van der Waals surface area (Å²) in [5, 5.41) is 18.6. The van der Waals surface area contributed by atoms with Crippen molar-refractivity contribution in [3.63, 3.8) is 0 Å². The number of pyridine rings is 1. The van der Waals surface area contributed by atoms with Crippen molar-refractivity contribution in [1.29, 1.82) is 5.26 Å². The molecule has 0 aliphatic carbocycles. The van der Waals surface area contributed by atoms with Gasteiger partial charge in [-0.15, -0.1) is 0 Å². The summed E-state index contributed by atoms with van der Waals surface area (Å²) >= 11 is 0. The van der Waals surface area contributed by atoms with Gasteiger partial charge in [0.05, 0.1) is 17.7 Å². The number of benzene rings is 1. The average molecular weight is 222 g/mol. The van der Waals surface area contributed by atoms with E-state index < -0.39 is 0 Å². The summed E-state index contributed by atoms with van der Waals surface area (Å²) in [6.07, 6.45) is 0.400. The van der Waals surface area contributed by atoms with Crippen LogP contribution in [0.25, 0.3) is 10.9 Å². The third kappa shape index (κ3) is 2.42. The topological polar surface area (TPSA) is 56.9 Å². The number of para-hydroxylation sites is 1. The van der Waals surface area contributed by atoms with Crippen LogP contribution in [0.3, 0.4) is 0 Å². The quantitative estimate of drug-likeness (QED) is 0.749. The smallest absolute Gasteiger partial charge is 0.156 e. The Morgan fingerprint density at radius 3 is 2.88 bits per heavy atom. The minimum atomic E-state index is 0.0237. The first-order chi connectivity index (χ1) is 8.35. The van der Waals surface area contributed by atoms with Crippen LogP contribution in [0, 0.1) is 23.2 Å². The van der Waals surface area contributed by atoms with E-state index in [9.17, 15) is 0 Å². The summed E-state index contributed by atoms with van der Waals surface area (Å²) < 4.78 is 0. The summed E-state index contributed by atoms with van der Waals surface area (Å²) in [5.74, 6) is 5.66. The molecular formula is C14H10N2O. The van der Waals surface area contributed by atoms with E-state index in [0.29, 0.717) is 17.7 Å². The molecule has 0 bridgehead atoms. The van der Waals surface area contributed by atoms with Crippen molar-refractivity contribution >= 4 is 10.9 Å². The second kappa shape index (κ2) is 5.12. The fourth-order valence-electron chi connectivity index (χ4n) is 1.51. The molecule has 1 aromatic carbocycles. The highest BCUT2D eigenvalue weighted by Gasteiger charge is 2.03. The molecule has 3 nitrogen and oxygen atoms in total. The lowest BCUT2D eigenvalue weighted by Crippen LogP contribution is -1.90. The maximum absolute atomic E-state index is 9.00. The summed E-state index contributed by atoms with van der Waals surface area (Å²) in [5.41, 5.74) is 1.73. The van der Waals surface area contributed by atoms with Crippen LogP contribution >= 0.6 is 0 Å². The van der Waals surface area contributed by atoms with E-state index in [1.165, 1.54) is 0 Å². The highest BCUT2D eigenvalue weighted by atomic mass is 16.2. The molecule has 3 heteroatoms. The molecule has 0 aliphatic heterocycles. The zero-order chi connectivity index (χ0) is 12.1. The number of hydrogen-bond acceptors (Lipinski definition) is 3. The maximum atomic E-state index is 9.00. The summed E-state index contributed by atoms with van der Waals surface area (Å²) in [7, 11) is 0. The number of hydrogen-bond donors (Lipinski definition) is 1. The largest absolute Gasteiger partial charge is 0.395 e. The molecule has 0 fully saturated rings. The zero-order valence-corrected chi connectivity index (χ0v) is 9.14. The van der Waals surface area contributed by atoms with Crippen molar-refractivity contribution in [3.8, 4) is 17.9 Å². The molecule has 1 N–H and O–H groups in total.